The third-order valence-electron chi connectivity index (χ3n) is 3.09. The van der Waals surface area contributed by atoms with Gasteiger partial charge in [-0.25, -0.2) is 0 Å². The summed E-state index contributed by atoms with van der Waals surface area (Å²) in [5, 5.41) is 0. The van der Waals surface area contributed by atoms with Crippen molar-refractivity contribution in [3.63, 3.8) is 0 Å². The van der Waals surface area contributed by atoms with Crippen LogP contribution in [0.25, 0.3) is 0 Å². The third kappa shape index (κ3) is 13.5. The van der Waals surface area contributed by atoms with Gasteiger partial charge in [0.05, 0.1) is 0 Å². The van der Waals surface area contributed by atoms with Crippen molar-refractivity contribution in [1.82, 2.24) is 0 Å². The van der Waals surface area contributed by atoms with Gasteiger partial charge in [-0.1, -0.05) is 0 Å². The summed E-state index contributed by atoms with van der Waals surface area (Å²) in [6.45, 7) is 5.27. The predicted octanol–water partition coefficient (Wildman–Crippen LogP) is 6.00. The summed E-state index contributed by atoms with van der Waals surface area (Å²) >= 11 is 8.21. The van der Waals surface area contributed by atoms with Crippen molar-refractivity contribution in [1.29, 1.82) is 0 Å². The fourth-order valence-electron chi connectivity index (χ4n) is 1.85. The van der Waals surface area contributed by atoms with E-state index in [0.717, 1.165) is 43.9 Å². The predicted molar refractivity (Wildman–Crippen MR) is 97.1 cm³/mol. The van der Waals surface area contributed by atoms with Crippen LogP contribution in [0.3, 0.4) is 0 Å². The van der Waals surface area contributed by atoms with Crippen molar-refractivity contribution >= 4 is 54.0 Å². The molecule has 20 heavy (non-hydrogen) atoms. The third-order valence-corrected chi connectivity index (χ3v) is 13.5. The zero-order chi connectivity index (χ0) is 15.1. The van der Waals surface area contributed by atoms with Gasteiger partial charge < -0.3 is 0 Å². The van der Waals surface area contributed by atoms with Crippen molar-refractivity contribution < 1.29 is 7.12 Å². The first-order chi connectivity index (χ1) is 9.68. The van der Waals surface area contributed by atoms with Gasteiger partial charge in [0.1, 0.15) is 0 Å². The van der Waals surface area contributed by atoms with Crippen molar-refractivity contribution in [2.45, 2.75) is 78.1 Å². The molecule has 120 valence electrons. The van der Waals surface area contributed by atoms with E-state index in [2.05, 4.69) is 13.8 Å². The molecule has 0 aliphatic carbocycles. The van der Waals surface area contributed by atoms with Gasteiger partial charge in [-0.05, 0) is 0 Å². The minimum atomic E-state index is -2.01. The van der Waals surface area contributed by atoms with Gasteiger partial charge in [-0.3, -0.25) is 0 Å². The van der Waals surface area contributed by atoms with E-state index in [4.69, 9.17) is 18.9 Å². The first-order valence-electron chi connectivity index (χ1n) is 7.90. The molecule has 0 rings (SSSR count). The molecule has 0 aliphatic heterocycles. The van der Waals surface area contributed by atoms with E-state index < -0.39 is 5.69 Å². The molecule has 0 N–H and O–H groups in total. The standard InChI is InChI=1S/C14H31O2PS2.Bi/c1-3-5-7-9-11-13-16-17(15,18)19-14-12-10-8-6-4-2;/h3-14H2,1-2H3,(H,15,18);/q;+1/p-1. The summed E-state index contributed by atoms with van der Waals surface area (Å²) in [4.78, 5) is 0. The van der Waals surface area contributed by atoms with E-state index >= 15 is 0 Å². The molecule has 0 aromatic carbocycles. The van der Waals surface area contributed by atoms with Crippen LogP contribution in [0.2, 0.25) is 0 Å². The molecule has 1 unspecified atom stereocenters. The van der Waals surface area contributed by atoms with Gasteiger partial charge in [0.15, 0.2) is 0 Å². The molecule has 6 heteroatoms. The normalized spacial score (nSPS) is 14.3. The van der Waals surface area contributed by atoms with Gasteiger partial charge in [0.2, 0.25) is 0 Å². The molecule has 0 amide bonds. The van der Waals surface area contributed by atoms with Crippen molar-refractivity contribution in [3.05, 3.63) is 0 Å². The van der Waals surface area contributed by atoms with Crippen LogP contribution < -0.4 is 0 Å². The van der Waals surface area contributed by atoms with Crippen molar-refractivity contribution in [3.8, 4) is 0 Å². The molecule has 2 radical (unpaired) electrons. The van der Waals surface area contributed by atoms with Crippen LogP contribution in [0.5, 0.6) is 0 Å². The Morgan fingerprint density at radius 2 is 1.45 bits per heavy atom. The fraction of sp³-hybridized carbons (Fsp3) is 1.00. The summed E-state index contributed by atoms with van der Waals surface area (Å²) in [6, 6.07) is 0. The maximum atomic E-state index is 5.88. The summed E-state index contributed by atoms with van der Waals surface area (Å²) in [5.74, 6) is 1.09. The van der Waals surface area contributed by atoms with E-state index in [-0.39, 0.29) is 0 Å². The monoisotopic (exact) mass is 534 g/mol. The molecule has 0 spiro atoms. The van der Waals surface area contributed by atoms with Gasteiger partial charge in [0.25, 0.3) is 0 Å². The SMILES string of the molecule is CCCCCCCOP(=S)([O][Bi])SCCCCCCC. The summed E-state index contributed by atoms with van der Waals surface area (Å²) in [6.07, 6.45) is 12.9. The molecule has 0 saturated heterocycles. The quantitative estimate of drug-likeness (QED) is 0.146. The van der Waals surface area contributed by atoms with Crippen LogP contribution in [-0.2, 0) is 18.9 Å². The Kier molecular flexibility index (Phi) is 17.1. The molecule has 0 fully saturated rings. The van der Waals surface area contributed by atoms with Crippen LogP contribution in [0.4, 0.5) is 0 Å². The molecule has 0 heterocycles. The first-order valence-corrected chi connectivity index (χ1v) is 13.6. The number of hydrogen-bond acceptors (Lipinski definition) is 4. The fourth-order valence-corrected chi connectivity index (χ4v) is 7.67. The molecule has 0 saturated carbocycles. The minimum absolute atomic E-state index is 0.779. The van der Waals surface area contributed by atoms with Gasteiger partial charge in [-0.2, -0.15) is 0 Å². The van der Waals surface area contributed by atoms with Crippen molar-refractivity contribution in [2.24, 2.45) is 0 Å². The number of unbranched alkanes of at least 4 members (excludes halogenated alkanes) is 8. The zero-order valence-electron chi connectivity index (χ0n) is 13.0. The molecule has 1 atom stereocenters. The van der Waals surface area contributed by atoms with Crippen LogP contribution in [0.1, 0.15) is 78.1 Å². The molecule has 0 aliphatic rings. The van der Waals surface area contributed by atoms with Gasteiger partial charge in [-0.15, -0.1) is 0 Å². The summed E-state index contributed by atoms with van der Waals surface area (Å²) < 4.78 is 11.5. The van der Waals surface area contributed by atoms with Crippen LogP contribution >= 0.6 is 17.1 Å². The van der Waals surface area contributed by atoms with Gasteiger partial charge in [0, 0.05) is 0 Å². The second-order valence-corrected chi connectivity index (χ2v) is 13.3. The summed E-state index contributed by atoms with van der Waals surface area (Å²) in [7, 11) is 0. The average molecular weight is 534 g/mol. The zero-order valence-corrected chi connectivity index (χ0v) is 19.0. The molecule has 0 aromatic heterocycles. The Balaban J connectivity index is 3.60. The molecule has 0 aromatic rings. The van der Waals surface area contributed by atoms with E-state index in [1.165, 1.54) is 57.8 Å². The second kappa shape index (κ2) is 15.7. The Hall–Kier alpha value is 1.80. The Morgan fingerprint density at radius 3 is 2.00 bits per heavy atom. The summed E-state index contributed by atoms with van der Waals surface area (Å²) in [5.41, 5.74) is -2.01. The van der Waals surface area contributed by atoms with E-state index in [1.807, 2.05) is 0 Å². The average Bonchev–Trinajstić information content (AvgIpc) is 2.46. The Morgan fingerprint density at radius 1 is 0.900 bits per heavy atom. The Labute approximate surface area is 150 Å². The van der Waals surface area contributed by atoms with Crippen LogP contribution in [0, 0.1) is 0 Å². The topological polar surface area (TPSA) is 18.5 Å². The first kappa shape index (κ1) is 21.8. The second-order valence-electron chi connectivity index (χ2n) is 5.02. The van der Waals surface area contributed by atoms with Crippen LogP contribution in [-0.4, -0.2) is 37.5 Å². The van der Waals surface area contributed by atoms with E-state index in [1.54, 1.807) is 11.4 Å². The molecule has 2 nitrogen and oxygen atoms in total. The number of rotatable bonds is 15. The van der Waals surface area contributed by atoms with Crippen LogP contribution in [0.15, 0.2) is 0 Å². The number of hydrogen-bond donors (Lipinski definition) is 0. The molecule has 0 bridgehead atoms. The molecular formula is C14H30BiO2PS2. The van der Waals surface area contributed by atoms with E-state index in [9.17, 15) is 0 Å². The van der Waals surface area contributed by atoms with Crippen molar-refractivity contribution in [2.75, 3.05) is 12.4 Å². The Bertz CT molecular complexity index is 235. The maximum absolute atomic E-state index is 5.88. The van der Waals surface area contributed by atoms with Gasteiger partial charge >= 0.3 is 152 Å². The molecular weight excluding hydrogens is 504 g/mol. The van der Waals surface area contributed by atoms with E-state index in [0.29, 0.717) is 0 Å².